The van der Waals surface area contributed by atoms with Crippen LogP contribution >= 0.6 is 0 Å². The SMILES string of the molecule is CCO[Si](C)(OCCCCCCCC(C)C)OCCCCCCCC(C)C. The molecule has 0 saturated heterocycles. The zero-order chi connectivity index (χ0) is 20.4. The normalized spacial score (nSPS) is 12.4. The molecule has 0 aromatic rings. The summed E-state index contributed by atoms with van der Waals surface area (Å²) in [5.41, 5.74) is 0. The molecule has 164 valence electrons. The first-order valence-corrected chi connectivity index (χ1v) is 14.0. The lowest BCUT2D eigenvalue weighted by Crippen LogP contribution is -2.43. The van der Waals surface area contributed by atoms with Crippen molar-refractivity contribution in [2.24, 2.45) is 11.8 Å². The van der Waals surface area contributed by atoms with Gasteiger partial charge in [-0.3, -0.25) is 0 Å². The monoisotopic (exact) mass is 402 g/mol. The van der Waals surface area contributed by atoms with E-state index in [2.05, 4.69) is 34.2 Å². The van der Waals surface area contributed by atoms with Crippen LogP contribution in [0.2, 0.25) is 6.55 Å². The minimum absolute atomic E-state index is 0.674. The summed E-state index contributed by atoms with van der Waals surface area (Å²) in [6, 6.07) is 0. The van der Waals surface area contributed by atoms with E-state index in [0.29, 0.717) is 6.61 Å². The molecular formula is C23H50O3Si. The smallest absolute Gasteiger partial charge is 0.374 e. The Bertz CT molecular complexity index is 284. The number of hydrogen-bond acceptors (Lipinski definition) is 3. The van der Waals surface area contributed by atoms with Crippen LogP contribution in [-0.4, -0.2) is 28.6 Å². The fraction of sp³-hybridized carbons (Fsp3) is 1.00. The molecule has 0 fully saturated rings. The quantitative estimate of drug-likeness (QED) is 0.155. The molecule has 0 radical (unpaired) electrons. The van der Waals surface area contributed by atoms with Crippen LogP contribution in [0.1, 0.15) is 112 Å². The van der Waals surface area contributed by atoms with E-state index in [1.807, 2.05) is 6.92 Å². The molecule has 0 atom stereocenters. The lowest BCUT2D eigenvalue weighted by atomic mass is 10.0. The van der Waals surface area contributed by atoms with Gasteiger partial charge in [0, 0.05) is 26.4 Å². The van der Waals surface area contributed by atoms with Gasteiger partial charge in [0.25, 0.3) is 0 Å². The fourth-order valence-corrected chi connectivity index (χ4v) is 5.08. The lowest BCUT2D eigenvalue weighted by Gasteiger charge is -2.25. The zero-order valence-corrected chi connectivity index (χ0v) is 20.5. The highest BCUT2D eigenvalue weighted by Crippen LogP contribution is 2.15. The third-order valence-electron chi connectivity index (χ3n) is 4.99. The predicted molar refractivity (Wildman–Crippen MR) is 120 cm³/mol. The van der Waals surface area contributed by atoms with E-state index >= 15 is 0 Å². The molecular weight excluding hydrogens is 352 g/mol. The molecule has 0 spiro atoms. The summed E-state index contributed by atoms with van der Waals surface area (Å²) in [5, 5.41) is 0. The molecule has 0 bridgehead atoms. The summed E-state index contributed by atoms with van der Waals surface area (Å²) in [4.78, 5) is 0. The molecule has 3 nitrogen and oxygen atoms in total. The topological polar surface area (TPSA) is 27.7 Å². The molecule has 0 rings (SSSR count). The molecule has 0 N–H and O–H groups in total. The molecule has 0 aromatic carbocycles. The van der Waals surface area contributed by atoms with Gasteiger partial charge in [0.15, 0.2) is 0 Å². The average molecular weight is 403 g/mol. The Hall–Kier alpha value is 0.0969. The number of rotatable bonds is 20. The lowest BCUT2D eigenvalue weighted by molar-refractivity contribution is 0.0669. The molecule has 0 aliphatic carbocycles. The molecule has 27 heavy (non-hydrogen) atoms. The van der Waals surface area contributed by atoms with Crippen LogP contribution in [0.5, 0.6) is 0 Å². The van der Waals surface area contributed by atoms with Gasteiger partial charge in [0.1, 0.15) is 0 Å². The Morgan fingerprint density at radius 1 is 0.556 bits per heavy atom. The number of hydrogen-bond donors (Lipinski definition) is 0. The first-order valence-electron chi connectivity index (χ1n) is 11.8. The predicted octanol–water partition coefficient (Wildman–Crippen LogP) is 7.62. The van der Waals surface area contributed by atoms with Crippen molar-refractivity contribution in [2.75, 3.05) is 19.8 Å². The third-order valence-corrected chi connectivity index (χ3v) is 7.26. The van der Waals surface area contributed by atoms with Crippen molar-refractivity contribution in [3.8, 4) is 0 Å². The van der Waals surface area contributed by atoms with Crippen molar-refractivity contribution < 1.29 is 13.3 Å². The van der Waals surface area contributed by atoms with Crippen LogP contribution in [-0.2, 0) is 13.3 Å². The highest BCUT2D eigenvalue weighted by Gasteiger charge is 2.34. The van der Waals surface area contributed by atoms with Gasteiger partial charge in [0.05, 0.1) is 0 Å². The van der Waals surface area contributed by atoms with Crippen LogP contribution < -0.4 is 0 Å². The van der Waals surface area contributed by atoms with Gasteiger partial charge < -0.3 is 13.3 Å². The summed E-state index contributed by atoms with van der Waals surface area (Å²) < 4.78 is 18.0. The number of unbranched alkanes of at least 4 members (excludes halogenated alkanes) is 8. The van der Waals surface area contributed by atoms with E-state index < -0.39 is 8.80 Å². The Morgan fingerprint density at radius 3 is 1.30 bits per heavy atom. The molecule has 0 amide bonds. The molecule has 4 heteroatoms. The fourth-order valence-electron chi connectivity index (χ4n) is 3.27. The first-order chi connectivity index (χ1) is 12.9. The van der Waals surface area contributed by atoms with E-state index in [9.17, 15) is 0 Å². The van der Waals surface area contributed by atoms with E-state index in [-0.39, 0.29) is 0 Å². The molecule has 0 aliphatic rings. The van der Waals surface area contributed by atoms with E-state index in [0.717, 1.165) is 37.9 Å². The van der Waals surface area contributed by atoms with Gasteiger partial charge in [-0.1, -0.05) is 91.9 Å². The van der Waals surface area contributed by atoms with Crippen molar-refractivity contribution in [2.45, 2.75) is 118 Å². The van der Waals surface area contributed by atoms with Gasteiger partial charge in [-0.15, -0.1) is 0 Å². The van der Waals surface area contributed by atoms with Gasteiger partial charge >= 0.3 is 8.80 Å². The first kappa shape index (κ1) is 27.1. The minimum Gasteiger partial charge on any atom is -0.374 e. The Balaban J connectivity index is 3.69. The maximum atomic E-state index is 6.08. The highest BCUT2D eigenvalue weighted by molar-refractivity contribution is 6.59. The van der Waals surface area contributed by atoms with E-state index in [1.165, 1.54) is 64.2 Å². The van der Waals surface area contributed by atoms with Crippen LogP contribution in [0.4, 0.5) is 0 Å². The second-order valence-corrected chi connectivity index (χ2v) is 11.5. The molecule has 0 aliphatic heterocycles. The summed E-state index contributed by atoms with van der Waals surface area (Å²) in [5.74, 6) is 1.67. The van der Waals surface area contributed by atoms with Gasteiger partial charge in [-0.25, -0.2) is 0 Å². The Kier molecular flexibility index (Phi) is 18.2. The maximum Gasteiger partial charge on any atom is 0.497 e. The van der Waals surface area contributed by atoms with Crippen LogP contribution in [0.25, 0.3) is 0 Å². The zero-order valence-electron chi connectivity index (χ0n) is 19.5. The van der Waals surface area contributed by atoms with Crippen molar-refractivity contribution in [3.05, 3.63) is 0 Å². The second-order valence-electron chi connectivity index (χ2n) is 8.89. The molecule has 0 saturated carbocycles. The summed E-state index contributed by atoms with van der Waals surface area (Å²) >= 11 is 0. The summed E-state index contributed by atoms with van der Waals surface area (Å²) in [6.07, 6.45) is 15.5. The van der Waals surface area contributed by atoms with E-state index in [4.69, 9.17) is 13.3 Å². The summed E-state index contributed by atoms with van der Waals surface area (Å²) in [7, 11) is -2.43. The van der Waals surface area contributed by atoms with Crippen LogP contribution in [0.15, 0.2) is 0 Å². The van der Waals surface area contributed by atoms with Crippen molar-refractivity contribution in [1.29, 1.82) is 0 Å². The second kappa shape index (κ2) is 18.1. The van der Waals surface area contributed by atoms with Crippen molar-refractivity contribution in [3.63, 3.8) is 0 Å². The molecule has 0 unspecified atom stereocenters. The highest BCUT2D eigenvalue weighted by atomic mass is 28.4. The van der Waals surface area contributed by atoms with Crippen LogP contribution in [0.3, 0.4) is 0 Å². The Morgan fingerprint density at radius 2 is 0.926 bits per heavy atom. The van der Waals surface area contributed by atoms with Gasteiger partial charge in [-0.2, -0.15) is 0 Å². The van der Waals surface area contributed by atoms with Crippen LogP contribution in [0, 0.1) is 11.8 Å². The van der Waals surface area contributed by atoms with Gasteiger partial charge in [-0.05, 0) is 31.6 Å². The third kappa shape index (κ3) is 19.2. The largest absolute Gasteiger partial charge is 0.497 e. The molecule has 0 aromatic heterocycles. The standard InChI is InChI=1S/C23H50O3Si/c1-7-24-27(6,25-20-16-12-8-10-14-18-22(2)3)26-21-17-13-9-11-15-19-23(4)5/h22-23H,7-21H2,1-6H3. The van der Waals surface area contributed by atoms with Gasteiger partial charge in [0.2, 0.25) is 0 Å². The van der Waals surface area contributed by atoms with E-state index in [1.54, 1.807) is 0 Å². The maximum absolute atomic E-state index is 6.08. The Labute approximate surface area is 172 Å². The molecule has 0 heterocycles. The minimum atomic E-state index is -2.43. The summed E-state index contributed by atoms with van der Waals surface area (Å²) in [6.45, 7) is 15.5. The van der Waals surface area contributed by atoms with Crippen molar-refractivity contribution >= 4 is 8.80 Å². The average Bonchev–Trinajstić information content (AvgIpc) is 2.59. The van der Waals surface area contributed by atoms with Crippen molar-refractivity contribution in [1.82, 2.24) is 0 Å².